The number of hydrogen-bond donors (Lipinski definition) is 0. The highest BCUT2D eigenvalue weighted by Crippen LogP contribution is 2.19. The molecule has 0 aromatic rings. The number of allylic oxidation sites excluding steroid dienone is 2. The van der Waals surface area contributed by atoms with Crippen LogP contribution in [0.3, 0.4) is 0 Å². The lowest BCUT2D eigenvalue weighted by Gasteiger charge is -2.28. The van der Waals surface area contributed by atoms with Gasteiger partial charge in [-0.3, -0.25) is 9.47 Å². The Balaban J connectivity index is 5.85. The molecule has 0 rings (SSSR count). The summed E-state index contributed by atoms with van der Waals surface area (Å²) < 4.78 is 45.3. The van der Waals surface area contributed by atoms with Crippen LogP contribution in [0.1, 0.15) is 337 Å². The van der Waals surface area contributed by atoms with Crippen molar-refractivity contribution in [1.82, 2.24) is 0 Å². The first-order valence-electron chi connectivity index (χ1n) is 31.9. The Labute approximate surface area is 444 Å². The van der Waals surface area contributed by atoms with Gasteiger partial charge in [-0.2, -0.15) is 0 Å². The summed E-state index contributed by atoms with van der Waals surface area (Å²) in [6.07, 6.45) is 65.2. The van der Waals surface area contributed by atoms with E-state index in [2.05, 4.69) is 65.8 Å². The molecule has 0 bridgehead atoms. The van der Waals surface area contributed by atoms with E-state index in [1.54, 1.807) is 0 Å². The van der Waals surface area contributed by atoms with Gasteiger partial charge < -0.3 is 23.7 Å². The molecule has 0 fully saturated rings. The van der Waals surface area contributed by atoms with E-state index in [1.165, 1.54) is 218 Å². The molecule has 424 valence electrons. The SMILES string of the molecule is CCCCCCCCCCCCCCCCC=CC(OC(C=CCCCCCCCCCCCCCCCC)OC(OCCCCCC)OCCCCCC)OC(OCCCCCC)OCCCCCC. The maximum Gasteiger partial charge on any atom is 0.274 e. The molecular formula is C64H126O7. The van der Waals surface area contributed by atoms with E-state index >= 15 is 0 Å². The van der Waals surface area contributed by atoms with Crippen molar-refractivity contribution in [2.75, 3.05) is 26.4 Å². The van der Waals surface area contributed by atoms with Crippen molar-refractivity contribution in [3.63, 3.8) is 0 Å². The van der Waals surface area contributed by atoms with E-state index in [0.717, 1.165) is 77.0 Å². The average molecular weight is 1010 g/mol. The molecule has 0 aliphatic carbocycles. The van der Waals surface area contributed by atoms with Gasteiger partial charge in [-0.1, -0.05) is 298 Å². The monoisotopic (exact) mass is 1010 g/mol. The number of ether oxygens (including phenoxy) is 7. The molecule has 71 heavy (non-hydrogen) atoms. The molecule has 0 aliphatic heterocycles. The van der Waals surface area contributed by atoms with Gasteiger partial charge >= 0.3 is 0 Å². The minimum Gasteiger partial charge on any atom is -0.330 e. The van der Waals surface area contributed by atoms with Crippen molar-refractivity contribution in [3.8, 4) is 0 Å². The van der Waals surface area contributed by atoms with Crippen LogP contribution >= 0.6 is 0 Å². The van der Waals surface area contributed by atoms with Gasteiger partial charge in [-0.05, 0) is 63.5 Å². The fourth-order valence-corrected chi connectivity index (χ4v) is 9.01. The van der Waals surface area contributed by atoms with Crippen LogP contribution in [0.15, 0.2) is 24.3 Å². The third kappa shape index (κ3) is 55.3. The zero-order valence-corrected chi connectivity index (χ0v) is 48.8. The third-order valence-corrected chi connectivity index (χ3v) is 13.8. The van der Waals surface area contributed by atoms with Gasteiger partial charge in [0.15, 0.2) is 12.6 Å². The second-order valence-electron chi connectivity index (χ2n) is 21.1. The van der Waals surface area contributed by atoms with Crippen molar-refractivity contribution in [2.24, 2.45) is 0 Å². The minimum absolute atomic E-state index is 0.591. The van der Waals surface area contributed by atoms with Gasteiger partial charge in [0.05, 0.1) is 26.4 Å². The summed E-state index contributed by atoms with van der Waals surface area (Å²) in [4.78, 5) is 0. The van der Waals surface area contributed by atoms with Crippen molar-refractivity contribution >= 4 is 0 Å². The summed E-state index contributed by atoms with van der Waals surface area (Å²) in [5.41, 5.74) is 0. The van der Waals surface area contributed by atoms with Crippen molar-refractivity contribution in [3.05, 3.63) is 24.3 Å². The predicted octanol–water partition coefficient (Wildman–Crippen LogP) is 21.5. The Kier molecular flexibility index (Phi) is 61.0. The maximum absolute atomic E-state index is 6.80. The molecule has 7 nitrogen and oxygen atoms in total. The highest BCUT2D eigenvalue weighted by atomic mass is 16.9. The molecule has 0 heterocycles. The molecule has 0 amide bonds. The Morgan fingerprint density at radius 1 is 0.225 bits per heavy atom. The summed E-state index contributed by atoms with van der Waals surface area (Å²) in [5, 5.41) is 0. The van der Waals surface area contributed by atoms with Crippen LogP contribution in [0.4, 0.5) is 0 Å². The molecule has 2 atom stereocenters. The molecule has 7 heteroatoms. The quantitative estimate of drug-likeness (QED) is 0.0342. The summed E-state index contributed by atoms with van der Waals surface area (Å²) in [6, 6.07) is 0. The van der Waals surface area contributed by atoms with E-state index < -0.39 is 25.5 Å². The van der Waals surface area contributed by atoms with Crippen LogP contribution in [0, 0.1) is 0 Å². The van der Waals surface area contributed by atoms with E-state index in [1.807, 2.05) is 0 Å². The molecule has 0 N–H and O–H groups in total. The van der Waals surface area contributed by atoms with Gasteiger partial charge in [0.2, 0.25) is 0 Å². The fourth-order valence-electron chi connectivity index (χ4n) is 9.01. The molecule has 2 unspecified atom stereocenters. The zero-order chi connectivity index (χ0) is 51.4. The Morgan fingerprint density at radius 3 is 0.648 bits per heavy atom. The van der Waals surface area contributed by atoms with Gasteiger partial charge in [-0.25, -0.2) is 0 Å². The van der Waals surface area contributed by atoms with Crippen molar-refractivity contribution in [1.29, 1.82) is 0 Å². The number of hydrogen-bond acceptors (Lipinski definition) is 7. The molecule has 0 saturated heterocycles. The first kappa shape index (κ1) is 70.2. The highest BCUT2D eigenvalue weighted by molar-refractivity contribution is 4.90. The van der Waals surface area contributed by atoms with Crippen LogP contribution in [-0.2, 0) is 33.2 Å². The topological polar surface area (TPSA) is 64.6 Å². The van der Waals surface area contributed by atoms with E-state index in [4.69, 9.17) is 33.2 Å². The van der Waals surface area contributed by atoms with Gasteiger partial charge in [0, 0.05) is 0 Å². The lowest BCUT2D eigenvalue weighted by molar-refractivity contribution is -0.374. The smallest absolute Gasteiger partial charge is 0.274 e. The summed E-state index contributed by atoms with van der Waals surface area (Å²) >= 11 is 0. The normalized spacial score (nSPS) is 13.1. The third-order valence-electron chi connectivity index (χ3n) is 13.8. The lowest BCUT2D eigenvalue weighted by atomic mass is 10.0. The van der Waals surface area contributed by atoms with Crippen LogP contribution in [-0.4, -0.2) is 52.0 Å². The second kappa shape index (κ2) is 61.7. The van der Waals surface area contributed by atoms with Crippen molar-refractivity contribution < 1.29 is 33.2 Å². The highest BCUT2D eigenvalue weighted by Gasteiger charge is 2.23. The molecule has 0 aromatic heterocycles. The standard InChI is InChI=1S/C64H126O7/c1-7-13-19-25-27-29-31-33-35-37-39-41-43-45-47-49-55-61(70-63(65-57-51-21-15-9-3)66-58-52-22-16-10-4)69-62(71-64(67-59-53-23-17-11-5)68-60-54-24-18-12-6)56-50-48-46-44-42-40-38-36-34-32-30-28-26-20-14-8-2/h49-50,55-56,61-64H,7-48,51-54,57-60H2,1-6H3. The van der Waals surface area contributed by atoms with E-state index in [-0.39, 0.29) is 0 Å². The fraction of sp³-hybridized carbons (Fsp3) is 0.938. The Bertz CT molecular complexity index is 915. The second-order valence-corrected chi connectivity index (χ2v) is 21.1. The first-order chi connectivity index (χ1) is 35.1. The van der Waals surface area contributed by atoms with Crippen LogP contribution in [0.25, 0.3) is 0 Å². The first-order valence-corrected chi connectivity index (χ1v) is 31.9. The number of unbranched alkanes of at least 4 members (excludes halogenated alkanes) is 40. The summed E-state index contributed by atoms with van der Waals surface area (Å²) in [6.45, 7) is 14.3. The average Bonchev–Trinajstić information content (AvgIpc) is 3.37. The molecule has 0 aromatic carbocycles. The van der Waals surface area contributed by atoms with Crippen LogP contribution in [0.5, 0.6) is 0 Å². The van der Waals surface area contributed by atoms with Crippen molar-refractivity contribution in [2.45, 2.75) is 362 Å². The largest absolute Gasteiger partial charge is 0.330 e. The van der Waals surface area contributed by atoms with Gasteiger partial charge in [0.25, 0.3) is 13.0 Å². The van der Waals surface area contributed by atoms with E-state index in [9.17, 15) is 0 Å². The van der Waals surface area contributed by atoms with E-state index in [0.29, 0.717) is 26.4 Å². The Hall–Kier alpha value is -0.800. The van der Waals surface area contributed by atoms with Crippen LogP contribution in [0.2, 0.25) is 0 Å². The zero-order valence-electron chi connectivity index (χ0n) is 48.8. The molecule has 0 radical (unpaired) electrons. The minimum atomic E-state index is -0.824. The lowest BCUT2D eigenvalue weighted by Crippen LogP contribution is -2.35. The van der Waals surface area contributed by atoms with Gasteiger partial charge in [-0.15, -0.1) is 0 Å². The molecule has 0 aliphatic rings. The molecule has 0 spiro atoms. The maximum atomic E-state index is 6.80. The predicted molar refractivity (Wildman–Crippen MR) is 307 cm³/mol. The number of rotatable bonds is 62. The Morgan fingerprint density at radius 2 is 0.423 bits per heavy atom. The summed E-state index contributed by atoms with van der Waals surface area (Å²) in [5.74, 6) is 0. The molecule has 0 saturated carbocycles. The molecular weight excluding hydrogens is 881 g/mol. The van der Waals surface area contributed by atoms with Crippen LogP contribution < -0.4 is 0 Å². The summed E-state index contributed by atoms with van der Waals surface area (Å²) in [7, 11) is 0. The van der Waals surface area contributed by atoms with Gasteiger partial charge in [0.1, 0.15) is 0 Å².